The largest absolute Gasteiger partial charge is 0.462 e. The standard InChI is InChI=1S/C17H25NO2/c1-2-3-4-7-14-20-17(19)15-8-10-16(11-9-15)18-12-5-6-13-18/h8-11H,2-7,12-14H2,1H3. The van der Waals surface area contributed by atoms with Gasteiger partial charge in [0.15, 0.2) is 0 Å². The first-order valence-electron chi connectivity index (χ1n) is 7.83. The predicted octanol–water partition coefficient (Wildman–Crippen LogP) is 4.02. The molecule has 0 saturated carbocycles. The van der Waals surface area contributed by atoms with Crippen LogP contribution in [-0.2, 0) is 4.74 Å². The molecule has 0 bridgehead atoms. The molecule has 1 aromatic carbocycles. The van der Waals surface area contributed by atoms with Crippen molar-refractivity contribution in [3.63, 3.8) is 0 Å². The monoisotopic (exact) mass is 275 g/mol. The van der Waals surface area contributed by atoms with Crippen molar-refractivity contribution in [2.24, 2.45) is 0 Å². The summed E-state index contributed by atoms with van der Waals surface area (Å²) in [6.07, 6.45) is 7.04. The Labute approximate surface area is 121 Å². The maximum atomic E-state index is 11.9. The van der Waals surface area contributed by atoms with Crippen molar-refractivity contribution in [3.05, 3.63) is 29.8 Å². The second kappa shape index (κ2) is 7.93. The van der Waals surface area contributed by atoms with Gasteiger partial charge >= 0.3 is 5.97 Å². The summed E-state index contributed by atoms with van der Waals surface area (Å²) in [4.78, 5) is 14.2. The van der Waals surface area contributed by atoms with E-state index in [0.29, 0.717) is 12.2 Å². The molecule has 20 heavy (non-hydrogen) atoms. The topological polar surface area (TPSA) is 29.5 Å². The van der Waals surface area contributed by atoms with Gasteiger partial charge in [0.1, 0.15) is 0 Å². The molecule has 1 saturated heterocycles. The molecule has 2 rings (SSSR count). The third kappa shape index (κ3) is 4.26. The lowest BCUT2D eigenvalue weighted by molar-refractivity contribution is 0.0498. The van der Waals surface area contributed by atoms with E-state index in [9.17, 15) is 4.79 Å². The first-order valence-corrected chi connectivity index (χ1v) is 7.83. The van der Waals surface area contributed by atoms with E-state index in [-0.39, 0.29) is 5.97 Å². The number of hydrogen-bond acceptors (Lipinski definition) is 3. The van der Waals surface area contributed by atoms with Crippen LogP contribution >= 0.6 is 0 Å². The highest BCUT2D eigenvalue weighted by molar-refractivity contribution is 5.89. The Balaban J connectivity index is 1.78. The molecule has 0 atom stereocenters. The summed E-state index contributed by atoms with van der Waals surface area (Å²) in [6.45, 7) is 4.96. The van der Waals surface area contributed by atoms with Gasteiger partial charge in [-0.15, -0.1) is 0 Å². The Bertz CT molecular complexity index is 408. The normalized spacial score (nSPS) is 14.6. The van der Waals surface area contributed by atoms with Crippen LogP contribution in [0.25, 0.3) is 0 Å². The number of nitrogens with zero attached hydrogens (tertiary/aromatic N) is 1. The number of ether oxygens (including phenoxy) is 1. The molecule has 0 unspecified atom stereocenters. The van der Waals surface area contributed by atoms with Gasteiger partial charge in [0, 0.05) is 18.8 Å². The number of carbonyl (C=O) groups is 1. The van der Waals surface area contributed by atoms with E-state index >= 15 is 0 Å². The highest BCUT2D eigenvalue weighted by Crippen LogP contribution is 2.20. The van der Waals surface area contributed by atoms with Crippen molar-refractivity contribution in [1.82, 2.24) is 0 Å². The Morgan fingerprint density at radius 2 is 1.80 bits per heavy atom. The van der Waals surface area contributed by atoms with Gasteiger partial charge in [-0.05, 0) is 43.5 Å². The Morgan fingerprint density at radius 3 is 2.45 bits per heavy atom. The predicted molar refractivity (Wildman–Crippen MR) is 82.3 cm³/mol. The van der Waals surface area contributed by atoms with E-state index in [0.717, 1.165) is 25.9 Å². The van der Waals surface area contributed by atoms with E-state index in [1.54, 1.807) is 0 Å². The fraction of sp³-hybridized carbons (Fsp3) is 0.588. The number of esters is 1. The number of hydrogen-bond donors (Lipinski definition) is 0. The van der Waals surface area contributed by atoms with Gasteiger partial charge in [-0.2, -0.15) is 0 Å². The third-order valence-electron chi connectivity index (χ3n) is 3.81. The maximum Gasteiger partial charge on any atom is 0.338 e. The van der Waals surface area contributed by atoms with Crippen molar-refractivity contribution in [2.45, 2.75) is 45.4 Å². The second-order valence-corrected chi connectivity index (χ2v) is 5.44. The lowest BCUT2D eigenvalue weighted by Gasteiger charge is -2.17. The fourth-order valence-corrected chi connectivity index (χ4v) is 2.56. The van der Waals surface area contributed by atoms with Gasteiger partial charge in [-0.25, -0.2) is 4.79 Å². The molecule has 0 spiro atoms. The number of benzene rings is 1. The minimum absolute atomic E-state index is 0.200. The summed E-state index contributed by atoms with van der Waals surface area (Å²) in [5, 5.41) is 0. The molecular formula is C17H25NO2. The van der Waals surface area contributed by atoms with Crippen LogP contribution in [0, 0.1) is 0 Å². The van der Waals surface area contributed by atoms with Crippen molar-refractivity contribution >= 4 is 11.7 Å². The van der Waals surface area contributed by atoms with Crippen molar-refractivity contribution < 1.29 is 9.53 Å². The smallest absolute Gasteiger partial charge is 0.338 e. The van der Waals surface area contributed by atoms with E-state index in [4.69, 9.17) is 4.74 Å². The van der Waals surface area contributed by atoms with Crippen molar-refractivity contribution in [3.8, 4) is 0 Å². The molecule has 3 nitrogen and oxygen atoms in total. The molecule has 110 valence electrons. The van der Waals surface area contributed by atoms with Crippen LogP contribution in [0.1, 0.15) is 55.8 Å². The second-order valence-electron chi connectivity index (χ2n) is 5.44. The van der Waals surface area contributed by atoms with Gasteiger partial charge in [-0.3, -0.25) is 0 Å². The molecule has 3 heteroatoms. The quantitative estimate of drug-likeness (QED) is 0.556. The number of anilines is 1. The fourth-order valence-electron chi connectivity index (χ4n) is 2.56. The molecule has 1 fully saturated rings. The molecule has 0 N–H and O–H groups in total. The van der Waals surface area contributed by atoms with E-state index in [1.807, 2.05) is 24.3 Å². The van der Waals surface area contributed by atoms with Gasteiger partial charge in [-0.1, -0.05) is 26.2 Å². The average Bonchev–Trinajstić information content (AvgIpc) is 3.01. The van der Waals surface area contributed by atoms with Crippen LogP contribution in [0.2, 0.25) is 0 Å². The molecule has 1 aliphatic heterocycles. The molecule has 0 aliphatic carbocycles. The van der Waals surface area contributed by atoms with Crippen LogP contribution in [-0.4, -0.2) is 25.7 Å². The highest BCUT2D eigenvalue weighted by atomic mass is 16.5. The zero-order valence-corrected chi connectivity index (χ0v) is 12.4. The van der Waals surface area contributed by atoms with Gasteiger partial charge in [0.2, 0.25) is 0 Å². The molecule has 1 heterocycles. The van der Waals surface area contributed by atoms with Gasteiger partial charge in [0.05, 0.1) is 12.2 Å². The third-order valence-corrected chi connectivity index (χ3v) is 3.81. The van der Waals surface area contributed by atoms with Crippen LogP contribution in [0.4, 0.5) is 5.69 Å². The Hall–Kier alpha value is -1.51. The minimum atomic E-state index is -0.200. The van der Waals surface area contributed by atoms with Crippen molar-refractivity contribution in [1.29, 1.82) is 0 Å². The summed E-state index contributed by atoms with van der Waals surface area (Å²) in [7, 11) is 0. The summed E-state index contributed by atoms with van der Waals surface area (Å²) in [6, 6.07) is 7.81. The maximum absolute atomic E-state index is 11.9. The van der Waals surface area contributed by atoms with Gasteiger partial charge < -0.3 is 9.64 Å². The number of unbranched alkanes of at least 4 members (excludes halogenated alkanes) is 3. The lowest BCUT2D eigenvalue weighted by atomic mass is 10.2. The van der Waals surface area contributed by atoms with E-state index < -0.39 is 0 Å². The Kier molecular flexibility index (Phi) is 5.90. The highest BCUT2D eigenvalue weighted by Gasteiger charge is 2.13. The molecular weight excluding hydrogens is 250 g/mol. The van der Waals surface area contributed by atoms with Crippen LogP contribution in [0.15, 0.2) is 24.3 Å². The first-order chi connectivity index (χ1) is 9.81. The van der Waals surface area contributed by atoms with Crippen LogP contribution < -0.4 is 4.90 Å². The zero-order valence-electron chi connectivity index (χ0n) is 12.4. The summed E-state index contributed by atoms with van der Waals surface area (Å²) in [5.74, 6) is -0.200. The number of carbonyl (C=O) groups excluding carboxylic acids is 1. The van der Waals surface area contributed by atoms with Gasteiger partial charge in [0.25, 0.3) is 0 Å². The molecule has 0 radical (unpaired) electrons. The summed E-state index contributed by atoms with van der Waals surface area (Å²) >= 11 is 0. The SMILES string of the molecule is CCCCCCOC(=O)c1ccc(N2CCCC2)cc1. The summed E-state index contributed by atoms with van der Waals surface area (Å²) in [5.41, 5.74) is 1.87. The minimum Gasteiger partial charge on any atom is -0.462 e. The first kappa shape index (κ1) is 14.9. The zero-order chi connectivity index (χ0) is 14.2. The number of rotatable bonds is 7. The molecule has 0 aromatic heterocycles. The molecule has 0 amide bonds. The summed E-state index contributed by atoms with van der Waals surface area (Å²) < 4.78 is 5.29. The van der Waals surface area contributed by atoms with E-state index in [2.05, 4.69) is 11.8 Å². The Morgan fingerprint density at radius 1 is 1.10 bits per heavy atom. The average molecular weight is 275 g/mol. The van der Waals surface area contributed by atoms with Crippen LogP contribution in [0.3, 0.4) is 0 Å². The lowest BCUT2D eigenvalue weighted by Crippen LogP contribution is -2.17. The van der Waals surface area contributed by atoms with Crippen LogP contribution in [0.5, 0.6) is 0 Å². The van der Waals surface area contributed by atoms with Crippen molar-refractivity contribution in [2.75, 3.05) is 24.6 Å². The molecule has 1 aliphatic rings. The van der Waals surface area contributed by atoms with E-state index in [1.165, 1.54) is 31.4 Å². The molecule has 1 aromatic rings.